The molecule has 26 heavy (non-hydrogen) atoms. The summed E-state index contributed by atoms with van der Waals surface area (Å²) in [5.74, 6) is -7.30. The molecule has 13 heteroatoms. The summed E-state index contributed by atoms with van der Waals surface area (Å²) in [6, 6.07) is 1.71. The van der Waals surface area contributed by atoms with E-state index in [1.54, 1.807) is 0 Å². The molecule has 0 fully saturated rings. The van der Waals surface area contributed by atoms with Gasteiger partial charge in [0.05, 0.1) is 5.69 Å². The quantitative estimate of drug-likeness (QED) is 0.724. The van der Waals surface area contributed by atoms with Gasteiger partial charge < -0.3 is 0 Å². The molecule has 0 radical (unpaired) electrons. The van der Waals surface area contributed by atoms with Crippen LogP contribution in [0.25, 0.3) is 5.69 Å². The van der Waals surface area contributed by atoms with E-state index in [4.69, 9.17) is 11.6 Å². The molecule has 0 saturated heterocycles. The van der Waals surface area contributed by atoms with Gasteiger partial charge in [-0.25, -0.2) is 18.3 Å². The first-order valence-electron chi connectivity index (χ1n) is 6.36. The lowest BCUT2D eigenvalue weighted by atomic mass is 10.2. The van der Waals surface area contributed by atoms with Gasteiger partial charge in [-0.15, -0.1) is 0 Å². The highest BCUT2D eigenvalue weighted by Gasteiger charge is 2.61. The van der Waals surface area contributed by atoms with Crippen LogP contribution in [0.3, 0.4) is 0 Å². The third-order valence-electron chi connectivity index (χ3n) is 3.16. The van der Waals surface area contributed by atoms with Crippen LogP contribution in [0.5, 0.6) is 0 Å². The molecule has 0 saturated carbocycles. The third-order valence-corrected chi connectivity index (χ3v) is 3.40. The summed E-state index contributed by atoms with van der Waals surface area (Å²) in [6.07, 6.45) is -6.36. The number of rotatable bonds is 3. The van der Waals surface area contributed by atoms with Crippen LogP contribution in [0.2, 0.25) is 5.02 Å². The summed E-state index contributed by atoms with van der Waals surface area (Å²) in [4.78, 5) is 23.9. The molecule has 4 nitrogen and oxygen atoms in total. The van der Waals surface area contributed by atoms with Crippen LogP contribution in [0.4, 0.5) is 35.1 Å². The van der Waals surface area contributed by atoms with E-state index >= 15 is 0 Å². The van der Waals surface area contributed by atoms with Gasteiger partial charge in [0.1, 0.15) is 11.5 Å². The number of halogens is 9. The second kappa shape index (κ2) is 6.41. The van der Waals surface area contributed by atoms with Crippen LogP contribution >= 0.6 is 11.6 Å². The summed E-state index contributed by atoms with van der Waals surface area (Å²) < 4.78 is 103. The first-order chi connectivity index (χ1) is 11.8. The van der Waals surface area contributed by atoms with E-state index in [9.17, 15) is 44.7 Å². The zero-order chi connectivity index (χ0) is 20.0. The van der Waals surface area contributed by atoms with E-state index in [-0.39, 0.29) is 9.59 Å². The molecule has 0 atom stereocenters. The average molecular weight is 409 g/mol. The smallest absolute Gasteiger partial charge is 0.269 e. The van der Waals surface area contributed by atoms with Crippen molar-refractivity contribution in [1.29, 1.82) is 0 Å². The molecule has 0 amide bonds. The second-order valence-electron chi connectivity index (χ2n) is 4.80. The number of aromatic nitrogens is 2. The van der Waals surface area contributed by atoms with Gasteiger partial charge in [-0.3, -0.25) is 4.79 Å². The molecular formula is C13H5ClF8N2O2. The van der Waals surface area contributed by atoms with Crippen LogP contribution in [0.15, 0.2) is 33.9 Å². The molecule has 0 bridgehead atoms. The van der Waals surface area contributed by atoms with Crippen molar-refractivity contribution >= 4 is 11.6 Å². The molecule has 0 aliphatic rings. The largest absolute Gasteiger partial charge is 0.459 e. The predicted octanol–water partition coefficient (Wildman–Crippen LogP) is 3.84. The van der Waals surface area contributed by atoms with E-state index in [2.05, 4.69) is 0 Å². The number of benzene rings is 1. The fourth-order valence-electron chi connectivity index (χ4n) is 2.02. The van der Waals surface area contributed by atoms with Crippen molar-refractivity contribution in [2.24, 2.45) is 0 Å². The monoisotopic (exact) mass is 408 g/mol. The molecule has 0 spiro atoms. The van der Waals surface area contributed by atoms with Gasteiger partial charge in [0, 0.05) is 11.1 Å². The van der Waals surface area contributed by atoms with Gasteiger partial charge in [-0.1, -0.05) is 11.6 Å². The number of hydrogen-bond donors (Lipinski definition) is 0. The maximum atomic E-state index is 13.8. The summed E-state index contributed by atoms with van der Waals surface area (Å²) in [5, 5.41) is -0.214. The number of alkyl halides is 7. The topological polar surface area (TPSA) is 44.0 Å². The number of hydrogen-bond acceptors (Lipinski definition) is 2. The highest BCUT2D eigenvalue weighted by molar-refractivity contribution is 6.30. The Bertz CT molecular complexity index is 964. The standard InChI is InChI=1S/C13H5ClF8N2O2/c14-5-1-2-7(6(15)3-5)23-9(25)4-8(12(18,19)13(20,21)22)24(10(16)17)11(23)26/h1-4,10H. The fraction of sp³-hybridized carbons (Fsp3) is 0.231. The minimum atomic E-state index is -6.36. The number of nitrogens with zero attached hydrogens (tertiary/aromatic N) is 2. The van der Waals surface area contributed by atoms with Crippen molar-refractivity contribution in [1.82, 2.24) is 9.13 Å². The highest BCUT2D eigenvalue weighted by Crippen LogP contribution is 2.43. The zero-order valence-corrected chi connectivity index (χ0v) is 12.8. The van der Waals surface area contributed by atoms with E-state index in [0.29, 0.717) is 12.1 Å². The zero-order valence-electron chi connectivity index (χ0n) is 12.0. The van der Waals surface area contributed by atoms with Gasteiger partial charge in [0.15, 0.2) is 0 Å². The SMILES string of the molecule is O=c1cc(C(F)(F)C(F)(F)F)n(C(F)F)c(=O)n1-c1ccc(Cl)cc1F. The Hall–Kier alpha value is -2.37. The Morgan fingerprint density at radius 2 is 1.58 bits per heavy atom. The molecule has 1 heterocycles. The van der Waals surface area contributed by atoms with E-state index < -0.39 is 57.7 Å². The summed E-state index contributed by atoms with van der Waals surface area (Å²) >= 11 is 5.45. The first-order valence-corrected chi connectivity index (χ1v) is 6.74. The minimum Gasteiger partial charge on any atom is -0.269 e. The molecule has 0 N–H and O–H groups in total. The molecule has 2 aromatic rings. The van der Waals surface area contributed by atoms with Gasteiger partial charge in [-0.2, -0.15) is 30.7 Å². The van der Waals surface area contributed by atoms with Gasteiger partial charge in [0.2, 0.25) is 0 Å². The molecular weight excluding hydrogens is 404 g/mol. The summed E-state index contributed by atoms with van der Waals surface area (Å²) in [6.45, 7) is -4.17. The van der Waals surface area contributed by atoms with Crippen LogP contribution in [-0.4, -0.2) is 15.3 Å². The van der Waals surface area contributed by atoms with Gasteiger partial charge in [0.25, 0.3) is 5.56 Å². The average Bonchev–Trinajstić information content (AvgIpc) is 2.46. The Kier molecular flexibility index (Phi) is 4.92. The van der Waals surface area contributed by atoms with E-state index in [1.165, 1.54) is 0 Å². The highest BCUT2D eigenvalue weighted by atomic mass is 35.5. The molecule has 1 aromatic carbocycles. The normalized spacial score (nSPS) is 12.7. The van der Waals surface area contributed by atoms with Crippen LogP contribution in [0.1, 0.15) is 12.2 Å². The first kappa shape index (κ1) is 19.9. The van der Waals surface area contributed by atoms with Gasteiger partial charge >= 0.3 is 24.3 Å². The lowest BCUT2D eigenvalue weighted by Crippen LogP contribution is -2.46. The Morgan fingerprint density at radius 1 is 1.00 bits per heavy atom. The molecule has 142 valence electrons. The summed E-state index contributed by atoms with van der Waals surface area (Å²) in [5.41, 5.74) is -7.68. The molecule has 1 aromatic heterocycles. The van der Waals surface area contributed by atoms with Crippen molar-refractivity contribution in [2.45, 2.75) is 18.6 Å². The van der Waals surface area contributed by atoms with Crippen LogP contribution < -0.4 is 11.2 Å². The predicted molar refractivity (Wildman–Crippen MR) is 72.5 cm³/mol. The van der Waals surface area contributed by atoms with Crippen molar-refractivity contribution in [3.63, 3.8) is 0 Å². The maximum absolute atomic E-state index is 13.8. The van der Waals surface area contributed by atoms with Crippen molar-refractivity contribution in [3.8, 4) is 5.69 Å². The molecule has 0 unspecified atom stereocenters. The minimum absolute atomic E-state index is 0.214. The second-order valence-corrected chi connectivity index (χ2v) is 5.24. The fourth-order valence-corrected chi connectivity index (χ4v) is 2.18. The molecule has 0 aliphatic heterocycles. The van der Waals surface area contributed by atoms with Crippen molar-refractivity contribution < 1.29 is 35.1 Å². The van der Waals surface area contributed by atoms with E-state index in [0.717, 1.165) is 6.07 Å². The Balaban J connectivity index is 2.92. The van der Waals surface area contributed by atoms with Crippen molar-refractivity contribution in [2.75, 3.05) is 0 Å². The third kappa shape index (κ3) is 3.20. The lowest BCUT2D eigenvalue weighted by molar-refractivity contribution is -0.293. The van der Waals surface area contributed by atoms with Crippen LogP contribution in [-0.2, 0) is 5.92 Å². The van der Waals surface area contributed by atoms with Crippen LogP contribution in [0, 0.1) is 5.82 Å². The van der Waals surface area contributed by atoms with Gasteiger partial charge in [-0.05, 0) is 18.2 Å². The Morgan fingerprint density at radius 3 is 2.04 bits per heavy atom. The lowest BCUT2D eigenvalue weighted by Gasteiger charge is -2.23. The maximum Gasteiger partial charge on any atom is 0.459 e. The van der Waals surface area contributed by atoms with Crippen molar-refractivity contribution in [3.05, 3.63) is 61.6 Å². The van der Waals surface area contributed by atoms with E-state index in [1.807, 2.05) is 0 Å². The Labute approximate surface area is 142 Å². The summed E-state index contributed by atoms with van der Waals surface area (Å²) in [7, 11) is 0. The molecule has 0 aliphatic carbocycles. The molecule has 2 rings (SSSR count).